The lowest BCUT2D eigenvalue weighted by Crippen LogP contribution is -1.95. The molecule has 1 aromatic carbocycles. The highest BCUT2D eigenvalue weighted by Gasteiger charge is 2.06. The van der Waals surface area contributed by atoms with E-state index in [-0.39, 0.29) is 0 Å². The van der Waals surface area contributed by atoms with Crippen LogP contribution in [0.15, 0.2) is 37.4 Å². The molecule has 1 rings (SSSR count). The first-order chi connectivity index (χ1) is 9.83. The Bertz CT molecular complexity index is 406. The van der Waals surface area contributed by atoms with E-state index in [2.05, 4.69) is 19.2 Å². The molecule has 0 aromatic heterocycles. The molecule has 1 nitrogen and oxygen atoms in total. The van der Waals surface area contributed by atoms with Gasteiger partial charge >= 0.3 is 0 Å². The zero-order chi connectivity index (χ0) is 14.6. The lowest BCUT2D eigenvalue weighted by atomic mass is 9.99. The topological polar surface area (TPSA) is 9.23 Å². The molecular weight excluding hydrogens is 244 g/mol. The molecule has 20 heavy (non-hydrogen) atoms. The highest BCUT2D eigenvalue weighted by Crippen LogP contribution is 2.25. The number of methoxy groups -OCH3 is 1. The summed E-state index contributed by atoms with van der Waals surface area (Å²) in [4.78, 5) is 0. The number of ether oxygens (including phenoxy) is 1. The van der Waals surface area contributed by atoms with Crippen molar-refractivity contribution in [2.24, 2.45) is 0 Å². The Balaban J connectivity index is 2.31. The standard InChI is InChI=1S/C19H28O/c1-4-6-7-8-9-10-11-12-15-18-17(5-2)14-13-16-19(18)20-3/h4-5,13-14,16H,1-2,6-12,15H2,3H3. The van der Waals surface area contributed by atoms with Crippen LogP contribution in [0.2, 0.25) is 0 Å². The number of hydrogen-bond donors (Lipinski definition) is 0. The monoisotopic (exact) mass is 272 g/mol. The van der Waals surface area contributed by atoms with Gasteiger partial charge in [-0.05, 0) is 37.3 Å². The number of hydrogen-bond acceptors (Lipinski definition) is 1. The third kappa shape index (κ3) is 5.64. The smallest absolute Gasteiger partial charge is 0.122 e. The Morgan fingerprint density at radius 2 is 1.70 bits per heavy atom. The molecule has 1 aromatic rings. The largest absolute Gasteiger partial charge is 0.496 e. The van der Waals surface area contributed by atoms with E-state index in [0.717, 1.165) is 18.6 Å². The van der Waals surface area contributed by atoms with E-state index >= 15 is 0 Å². The van der Waals surface area contributed by atoms with Crippen LogP contribution in [0.4, 0.5) is 0 Å². The van der Waals surface area contributed by atoms with Crippen LogP contribution in [-0.4, -0.2) is 7.11 Å². The normalized spacial score (nSPS) is 10.2. The molecule has 0 aliphatic rings. The van der Waals surface area contributed by atoms with Crippen LogP contribution < -0.4 is 4.74 Å². The van der Waals surface area contributed by atoms with Crippen molar-refractivity contribution in [1.29, 1.82) is 0 Å². The van der Waals surface area contributed by atoms with Gasteiger partial charge in [0.05, 0.1) is 7.11 Å². The van der Waals surface area contributed by atoms with Gasteiger partial charge in [-0.3, -0.25) is 0 Å². The molecule has 0 atom stereocenters. The average molecular weight is 272 g/mol. The van der Waals surface area contributed by atoms with Crippen LogP contribution in [-0.2, 0) is 6.42 Å². The maximum Gasteiger partial charge on any atom is 0.122 e. The SMILES string of the molecule is C=CCCCCCCCCc1c(C=C)cccc1OC. The number of allylic oxidation sites excluding steroid dienone is 1. The average Bonchev–Trinajstić information content (AvgIpc) is 2.49. The van der Waals surface area contributed by atoms with Gasteiger partial charge < -0.3 is 4.74 Å². The van der Waals surface area contributed by atoms with Crippen LogP contribution in [0.3, 0.4) is 0 Å². The minimum absolute atomic E-state index is 0.994. The van der Waals surface area contributed by atoms with Crippen molar-refractivity contribution in [1.82, 2.24) is 0 Å². The summed E-state index contributed by atoms with van der Waals surface area (Å²) in [6, 6.07) is 6.18. The fraction of sp³-hybridized carbons (Fsp3) is 0.474. The van der Waals surface area contributed by atoms with Crippen molar-refractivity contribution >= 4 is 6.08 Å². The zero-order valence-corrected chi connectivity index (χ0v) is 12.9. The van der Waals surface area contributed by atoms with Crippen molar-refractivity contribution in [3.63, 3.8) is 0 Å². The Morgan fingerprint density at radius 3 is 2.35 bits per heavy atom. The highest BCUT2D eigenvalue weighted by atomic mass is 16.5. The third-order valence-corrected chi connectivity index (χ3v) is 3.69. The minimum atomic E-state index is 0.994. The van der Waals surface area contributed by atoms with Gasteiger partial charge in [0.1, 0.15) is 5.75 Å². The van der Waals surface area contributed by atoms with Crippen LogP contribution in [0, 0.1) is 0 Å². The third-order valence-electron chi connectivity index (χ3n) is 3.69. The molecule has 0 saturated heterocycles. The van der Waals surface area contributed by atoms with Crippen LogP contribution in [0.25, 0.3) is 6.08 Å². The van der Waals surface area contributed by atoms with Gasteiger partial charge in [0, 0.05) is 5.56 Å². The molecule has 0 saturated carbocycles. The van der Waals surface area contributed by atoms with Gasteiger partial charge in [0.25, 0.3) is 0 Å². The summed E-state index contributed by atoms with van der Waals surface area (Å²) in [5, 5.41) is 0. The lowest BCUT2D eigenvalue weighted by molar-refractivity contribution is 0.408. The predicted octanol–water partition coefficient (Wildman–Crippen LogP) is 5.80. The second-order valence-corrected chi connectivity index (χ2v) is 5.18. The van der Waals surface area contributed by atoms with Crippen LogP contribution in [0.1, 0.15) is 56.1 Å². The van der Waals surface area contributed by atoms with Crippen LogP contribution >= 0.6 is 0 Å². The Morgan fingerprint density at radius 1 is 1.00 bits per heavy atom. The van der Waals surface area contributed by atoms with E-state index in [1.165, 1.54) is 49.7 Å². The van der Waals surface area contributed by atoms with E-state index in [0.29, 0.717) is 0 Å². The summed E-state index contributed by atoms with van der Waals surface area (Å²) in [7, 11) is 1.74. The minimum Gasteiger partial charge on any atom is -0.496 e. The number of rotatable bonds is 11. The number of unbranched alkanes of at least 4 members (excludes halogenated alkanes) is 6. The van der Waals surface area contributed by atoms with E-state index in [9.17, 15) is 0 Å². The molecular formula is C19H28O. The van der Waals surface area contributed by atoms with Crippen molar-refractivity contribution in [3.05, 3.63) is 48.6 Å². The van der Waals surface area contributed by atoms with Gasteiger partial charge in [-0.2, -0.15) is 0 Å². The Kier molecular flexibility index (Phi) is 8.53. The molecule has 0 bridgehead atoms. The van der Waals surface area contributed by atoms with Crippen molar-refractivity contribution in [3.8, 4) is 5.75 Å². The summed E-state index contributed by atoms with van der Waals surface area (Å²) in [5.74, 6) is 0.994. The molecule has 0 aliphatic heterocycles. The van der Waals surface area contributed by atoms with E-state index < -0.39 is 0 Å². The predicted molar refractivity (Wildman–Crippen MR) is 89.3 cm³/mol. The fourth-order valence-corrected chi connectivity index (χ4v) is 2.53. The Labute approximate surface area is 124 Å². The molecule has 0 amide bonds. The molecule has 1 heteroatoms. The van der Waals surface area contributed by atoms with Crippen LogP contribution in [0.5, 0.6) is 5.75 Å². The molecule has 0 spiro atoms. The van der Waals surface area contributed by atoms with E-state index in [4.69, 9.17) is 4.74 Å². The summed E-state index contributed by atoms with van der Waals surface area (Å²) < 4.78 is 5.45. The molecule has 110 valence electrons. The van der Waals surface area contributed by atoms with E-state index in [1.807, 2.05) is 24.3 Å². The van der Waals surface area contributed by atoms with E-state index in [1.54, 1.807) is 7.11 Å². The molecule has 0 aliphatic carbocycles. The van der Waals surface area contributed by atoms with Gasteiger partial charge in [-0.25, -0.2) is 0 Å². The molecule has 0 heterocycles. The first-order valence-electron chi connectivity index (χ1n) is 7.72. The highest BCUT2D eigenvalue weighted by molar-refractivity contribution is 5.56. The summed E-state index contributed by atoms with van der Waals surface area (Å²) in [5.41, 5.74) is 2.51. The molecule has 0 N–H and O–H groups in total. The molecule has 0 fully saturated rings. The van der Waals surface area contributed by atoms with Gasteiger partial charge in [0.2, 0.25) is 0 Å². The van der Waals surface area contributed by atoms with Gasteiger partial charge in [0.15, 0.2) is 0 Å². The fourth-order valence-electron chi connectivity index (χ4n) is 2.53. The Hall–Kier alpha value is -1.50. The van der Waals surface area contributed by atoms with Crippen molar-refractivity contribution < 1.29 is 4.74 Å². The van der Waals surface area contributed by atoms with Gasteiger partial charge in [-0.1, -0.05) is 56.5 Å². The first kappa shape index (κ1) is 16.6. The maximum absolute atomic E-state index is 5.45. The van der Waals surface area contributed by atoms with Crippen molar-refractivity contribution in [2.75, 3.05) is 7.11 Å². The molecule has 0 unspecified atom stereocenters. The van der Waals surface area contributed by atoms with Crippen molar-refractivity contribution in [2.45, 2.75) is 51.4 Å². The summed E-state index contributed by atoms with van der Waals surface area (Å²) >= 11 is 0. The van der Waals surface area contributed by atoms with Gasteiger partial charge in [-0.15, -0.1) is 6.58 Å². The summed E-state index contributed by atoms with van der Waals surface area (Å²) in [6.07, 6.45) is 14.0. The lowest BCUT2D eigenvalue weighted by Gasteiger charge is -2.11. The second-order valence-electron chi connectivity index (χ2n) is 5.18. The zero-order valence-electron chi connectivity index (χ0n) is 12.9. The first-order valence-corrected chi connectivity index (χ1v) is 7.72. The second kappa shape index (κ2) is 10.3. The maximum atomic E-state index is 5.45. The number of benzene rings is 1. The summed E-state index contributed by atoms with van der Waals surface area (Å²) in [6.45, 7) is 7.64. The quantitative estimate of drug-likeness (QED) is 0.365. The molecule has 0 radical (unpaired) electrons.